The second-order valence-corrected chi connectivity index (χ2v) is 7.88. The van der Waals surface area contributed by atoms with Gasteiger partial charge in [0, 0.05) is 41.7 Å². The Balaban J connectivity index is 1.57. The van der Waals surface area contributed by atoms with E-state index in [9.17, 15) is 4.39 Å². The molecule has 2 aromatic carbocycles. The van der Waals surface area contributed by atoms with Crippen molar-refractivity contribution in [2.24, 2.45) is 0 Å². The van der Waals surface area contributed by atoms with Gasteiger partial charge in [0.2, 0.25) is 0 Å². The molecule has 0 aliphatic carbocycles. The van der Waals surface area contributed by atoms with Gasteiger partial charge in [-0.1, -0.05) is 30.3 Å². The summed E-state index contributed by atoms with van der Waals surface area (Å²) in [5.74, 6) is 0.674. The van der Waals surface area contributed by atoms with E-state index in [4.69, 9.17) is 0 Å². The lowest BCUT2D eigenvalue weighted by molar-refractivity contribution is 0.233. The molecule has 2 aromatic rings. The van der Waals surface area contributed by atoms with Gasteiger partial charge in [0.1, 0.15) is 5.82 Å². The highest BCUT2D eigenvalue weighted by Gasteiger charge is 2.15. The summed E-state index contributed by atoms with van der Waals surface area (Å²) in [6, 6.07) is 15.8. The molecule has 0 atom stereocenters. The van der Waals surface area contributed by atoms with Crippen molar-refractivity contribution in [1.82, 2.24) is 9.21 Å². The van der Waals surface area contributed by atoms with Gasteiger partial charge in [0.25, 0.3) is 0 Å². The zero-order valence-electron chi connectivity index (χ0n) is 13.2. The van der Waals surface area contributed by atoms with Crippen LogP contribution in [0.2, 0.25) is 0 Å². The van der Waals surface area contributed by atoms with Crippen LogP contribution in [0.5, 0.6) is 0 Å². The summed E-state index contributed by atoms with van der Waals surface area (Å²) in [7, 11) is 2.14. The quantitative estimate of drug-likeness (QED) is 0.584. The van der Waals surface area contributed by atoms with Crippen LogP contribution in [0.25, 0.3) is 0 Å². The molecule has 0 aromatic heterocycles. The number of hydrogen-bond acceptors (Lipinski definition) is 4. The molecule has 5 heteroatoms. The number of likely N-dealkylation sites (N-methyl/N-ethyl adjacent to an activating group) is 1. The maximum Gasteiger partial charge on any atom is 0.137 e. The molecule has 1 saturated heterocycles. The fourth-order valence-electron chi connectivity index (χ4n) is 2.42. The Kier molecular flexibility index (Phi) is 6.00. The van der Waals surface area contributed by atoms with Crippen molar-refractivity contribution in [1.29, 1.82) is 0 Å². The minimum absolute atomic E-state index is 0.120. The Morgan fingerprint density at radius 1 is 1.00 bits per heavy atom. The first-order valence-corrected chi connectivity index (χ1v) is 9.54. The van der Waals surface area contributed by atoms with Gasteiger partial charge in [-0.05, 0) is 42.8 Å². The molecule has 3 rings (SSSR count). The standard InChI is InChI=1S/C18H21FN2S2/c1-20-9-11-21(12-10-20)23-16-7-8-18(17(19)13-16)22-14-15-5-3-2-4-6-15/h2-8,13H,9-12,14H2,1H3. The van der Waals surface area contributed by atoms with E-state index >= 15 is 0 Å². The second kappa shape index (κ2) is 8.20. The van der Waals surface area contributed by atoms with E-state index in [2.05, 4.69) is 28.4 Å². The van der Waals surface area contributed by atoms with Gasteiger partial charge >= 0.3 is 0 Å². The maximum atomic E-state index is 14.3. The first kappa shape index (κ1) is 16.8. The minimum atomic E-state index is -0.120. The van der Waals surface area contributed by atoms with Gasteiger partial charge in [0.05, 0.1) is 0 Å². The molecule has 0 radical (unpaired) electrons. The monoisotopic (exact) mass is 348 g/mol. The first-order valence-electron chi connectivity index (χ1n) is 7.78. The van der Waals surface area contributed by atoms with E-state index in [0.717, 1.165) is 41.7 Å². The van der Waals surface area contributed by atoms with E-state index < -0.39 is 0 Å². The molecular weight excluding hydrogens is 327 g/mol. The van der Waals surface area contributed by atoms with Crippen molar-refractivity contribution in [3.63, 3.8) is 0 Å². The Hall–Kier alpha value is -1.01. The van der Waals surface area contributed by atoms with Crippen molar-refractivity contribution in [3.05, 3.63) is 59.9 Å². The van der Waals surface area contributed by atoms with Gasteiger partial charge in [-0.2, -0.15) is 0 Å². The number of thioether (sulfide) groups is 1. The van der Waals surface area contributed by atoms with Crippen molar-refractivity contribution < 1.29 is 4.39 Å². The average Bonchev–Trinajstić information content (AvgIpc) is 2.57. The van der Waals surface area contributed by atoms with Gasteiger partial charge in [-0.15, -0.1) is 11.8 Å². The van der Waals surface area contributed by atoms with E-state index in [1.54, 1.807) is 29.8 Å². The van der Waals surface area contributed by atoms with Crippen LogP contribution >= 0.6 is 23.7 Å². The summed E-state index contributed by atoms with van der Waals surface area (Å²) in [4.78, 5) is 4.02. The number of hydrogen-bond donors (Lipinski definition) is 0. The molecule has 1 aliphatic rings. The third kappa shape index (κ3) is 4.98. The van der Waals surface area contributed by atoms with Gasteiger partial charge in [-0.3, -0.25) is 0 Å². The van der Waals surface area contributed by atoms with Crippen LogP contribution in [-0.2, 0) is 5.75 Å². The minimum Gasteiger partial charge on any atom is -0.304 e. The number of rotatable bonds is 5. The lowest BCUT2D eigenvalue weighted by Crippen LogP contribution is -2.40. The molecule has 0 spiro atoms. The molecule has 0 N–H and O–H groups in total. The summed E-state index contributed by atoms with van der Waals surface area (Å²) < 4.78 is 16.6. The Labute approximate surface area is 146 Å². The number of piperazine rings is 1. The fourth-order valence-corrected chi connectivity index (χ4v) is 4.22. The van der Waals surface area contributed by atoms with Crippen molar-refractivity contribution in [3.8, 4) is 0 Å². The average molecular weight is 349 g/mol. The third-order valence-electron chi connectivity index (χ3n) is 3.84. The topological polar surface area (TPSA) is 6.48 Å². The van der Waals surface area contributed by atoms with Gasteiger partial charge < -0.3 is 4.90 Å². The fraction of sp³-hybridized carbons (Fsp3) is 0.333. The zero-order chi connectivity index (χ0) is 16.1. The molecule has 2 nitrogen and oxygen atoms in total. The van der Waals surface area contributed by atoms with Crippen molar-refractivity contribution in [2.75, 3.05) is 33.2 Å². The maximum absolute atomic E-state index is 14.3. The molecule has 0 saturated carbocycles. The van der Waals surface area contributed by atoms with E-state index in [-0.39, 0.29) is 5.82 Å². The zero-order valence-corrected chi connectivity index (χ0v) is 14.9. The molecule has 122 valence electrons. The highest BCUT2D eigenvalue weighted by atomic mass is 32.2. The molecule has 23 heavy (non-hydrogen) atoms. The Morgan fingerprint density at radius 2 is 1.74 bits per heavy atom. The van der Waals surface area contributed by atoms with Crippen LogP contribution in [0.15, 0.2) is 58.3 Å². The molecule has 0 bridgehead atoms. The summed E-state index contributed by atoms with van der Waals surface area (Å²) >= 11 is 3.21. The number of nitrogens with zero attached hydrogens (tertiary/aromatic N) is 2. The van der Waals surface area contributed by atoms with E-state index in [0.29, 0.717) is 0 Å². The summed E-state index contributed by atoms with van der Waals surface area (Å²) in [5, 5.41) is 0. The predicted molar refractivity (Wildman–Crippen MR) is 97.3 cm³/mol. The lowest BCUT2D eigenvalue weighted by atomic mass is 10.2. The highest BCUT2D eigenvalue weighted by Crippen LogP contribution is 2.30. The Bertz CT molecular complexity index is 628. The summed E-state index contributed by atoms with van der Waals surface area (Å²) in [5.41, 5.74) is 1.22. The van der Waals surface area contributed by atoms with Crippen LogP contribution < -0.4 is 0 Å². The SMILES string of the molecule is CN1CCN(Sc2ccc(SCc3ccccc3)c(F)c2)CC1. The van der Waals surface area contributed by atoms with Crippen LogP contribution in [-0.4, -0.2) is 42.4 Å². The molecule has 1 fully saturated rings. The summed E-state index contributed by atoms with van der Waals surface area (Å²) in [6.45, 7) is 4.18. The van der Waals surface area contributed by atoms with Crippen LogP contribution in [0.1, 0.15) is 5.56 Å². The molecule has 0 amide bonds. The number of halogens is 1. The van der Waals surface area contributed by atoms with Crippen molar-refractivity contribution >= 4 is 23.7 Å². The first-order chi connectivity index (χ1) is 11.2. The van der Waals surface area contributed by atoms with Crippen LogP contribution in [0.3, 0.4) is 0 Å². The van der Waals surface area contributed by atoms with Crippen molar-refractivity contribution in [2.45, 2.75) is 15.5 Å². The van der Waals surface area contributed by atoms with Crippen LogP contribution in [0, 0.1) is 5.82 Å². The smallest absolute Gasteiger partial charge is 0.137 e. The number of benzene rings is 2. The molecule has 1 heterocycles. The normalized spacial score (nSPS) is 16.6. The lowest BCUT2D eigenvalue weighted by Gasteiger charge is -2.31. The molecular formula is C18H21FN2S2. The summed E-state index contributed by atoms with van der Waals surface area (Å²) in [6.07, 6.45) is 0. The van der Waals surface area contributed by atoms with Crippen LogP contribution in [0.4, 0.5) is 4.39 Å². The van der Waals surface area contributed by atoms with Gasteiger partial charge in [0.15, 0.2) is 0 Å². The third-order valence-corrected chi connectivity index (χ3v) is 6.05. The second-order valence-electron chi connectivity index (χ2n) is 5.69. The predicted octanol–water partition coefficient (Wildman–Crippen LogP) is 4.37. The largest absolute Gasteiger partial charge is 0.304 e. The molecule has 0 unspecified atom stereocenters. The highest BCUT2D eigenvalue weighted by molar-refractivity contribution is 7.98. The van der Waals surface area contributed by atoms with E-state index in [1.165, 1.54) is 5.56 Å². The van der Waals surface area contributed by atoms with Gasteiger partial charge in [-0.25, -0.2) is 8.70 Å². The molecule has 1 aliphatic heterocycles. The van der Waals surface area contributed by atoms with E-state index in [1.807, 2.05) is 30.3 Å². The Morgan fingerprint density at radius 3 is 2.43 bits per heavy atom.